The van der Waals surface area contributed by atoms with Gasteiger partial charge in [-0.3, -0.25) is 9.59 Å². The Morgan fingerprint density at radius 3 is 2.27 bits per heavy atom. The monoisotopic (exact) mass is 427 g/mol. The van der Waals surface area contributed by atoms with E-state index in [0.29, 0.717) is 28.3 Å². The number of hydrogen-bond acceptors (Lipinski definition) is 5. The minimum Gasteiger partial charge on any atom is -0.454 e. The van der Waals surface area contributed by atoms with Crippen LogP contribution in [-0.2, 0) is 14.3 Å². The zero-order valence-electron chi connectivity index (χ0n) is 16.6. The summed E-state index contributed by atoms with van der Waals surface area (Å²) in [4.78, 5) is 36.9. The van der Waals surface area contributed by atoms with Gasteiger partial charge in [-0.1, -0.05) is 25.4 Å². The molecule has 0 bridgehead atoms. The molecule has 7 nitrogen and oxygen atoms in total. The smallest absolute Gasteiger partial charge is 0.329 e. The third-order valence-corrected chi connectivity index (χ3v) is 4.30. The Kier molecular flexibility index (Phi) is 8.39. The Labute approximate surface area is 180 Å². The normalized spacial score (nSPS) is 11.3. The van der Waals surface area contributed by atoms with Crippen LogP contribution >= 0.6 is 11.6 Å². The van der Waals surface area contributed by atoms with E-state index in [2.05, 4.69) is 10.6 Å². The summed E-state index contributed by atoms with van der Waals surface area (Å²) in [5.74, 6) is -1.54. The maximum atomic E-state index is 12.5. The van der Waals surface area contributed by atoms with E-state index >= 15 is 0 Å². The van der Waals surface area contributed by atoms with Gasteiger partial charge < -0.3 is 15.4 Å². The summed E-state index contributed by atoms with van der Waals surface area (Å²) >= 11 is 5.83. The summed E-state index contributed by atoms with van der Waals surface area (Å²) in [5.41, 5.74) is 1.30. The SMILES string of the molecule is CC(C)C[C@H](NC(=O)c1ccc(Cl)cc1)C(=O)OCC(=O)Nc1ccc(C#N)cc1. The number of hydrogen-bond donors (Lipinski definition) is 2. The fourth-order valence-electron chi connectivity index (χ4n) is 2.59. The fraction of sp³-hybridized carbons (Fsp3) is 0.273. The first kappa shape index (κ1) is 22.9. The second kappa shape index (κ2) is 11.0. The van der Waals surface area contributed by atoms with E-state index in [0.717, 1.165) is 0 Å². The molecule has 8 heteroatoms. The van der Waals surface area contributed by atoms with Crippen LogP contribution in [0.3, 0.4) is 0 Å². The quantitative estimate of drug-likeness (QED) is 0.626. The van der Waals surface area contributed by atoms with Crippen LogP contribution in [0.1, 0.15) is 36.2 Å². The number of benzene rings is 2. The summed E-state index contributed by atoms with van der Waals surface area (Å²) in [7, 11) is 0. The molecule has 0 spiro atoms. The van der Waals surface area contributed by atoms with Gasteiger partial charge in [0, 0.05) is 16.3 Å². The van der Waals surface area contributed by atoms with Crippen LogP contribution in [0.5, 0.6) is 0 Å². The van der Waals surface area contributed by atoms with Gasteiger partial charge in [-0.25, -0.2) is 4.79 Å². The minimum absolute atomic E-state index is 0.112. The largest absolute Gasteiger partial charge is 0.454 e. The summed E-state index contributed by atoms with van der Waals surface area (Å²) in [6.45, 7) is 3.32. The predicted molar refractivity (Wildman–Crippen MR) is 113 cm³/mol. The topological polar surface area (TPSA) is 108 Å². The molecule has 0 aliphatic heterocycles. The lowest BCUT2D eigenvalue weighted by atomic mass is 10.0. The number of esters is 1. The number of nitriles is 1. The molecule has 2 amide bonds. The molecule has 2 aromatic rings. The molecule has 0 aromatic heterocycles. The molecular weight excluding hydrogens is 406 g/mol. The van der Waals surface area contributed by atoms with Crippen LogP contribution in [-0.4, -0.2) is 30.4 Å². The molecule has 0 saturated heterocycles. The molecule has 0 heterocycles. The molecule has 0 aliphatic rings. The van der Waals surface area contributed by atoms with Crippen molar-refractivity contribution in [2.75, 3.05) is 11.9 Å². The minimum atomic E-state index is -0.893. The molecule has 0 aliphatic carbocycles. The van der Waals surface area contributed by atoms with Crippen molar-refractivity contribution in [3.8, 4) is 6.07 Å². The molecule has 2 aromatic carbocycles. The first-order valence-electron chi connectivity index (χ1n) is 9.31. The van der Waals surface area contributed by atoms with E-state index in [1.54, 1.807) is 48.5 Å². The fourth-order valence-corrected chi connectivity index (χ4v) is 2.72. The van der Waals surface area contributed by atoms with Gasteiger partial charge in [0.1, 0.15) is 6.04 Å². The maximum absolute atomic E-state index is 12.5. The summed E-state index contributed by atoms with van der Waals surface area (Å²) < 4.78 is 5.10. The number of carbonyl (C=O) groups is 3. The van der Waals surface area contributed by atoms with Crippen LogP contribution in [0.25, 0.3) is 0 Å². The predicted octanol–water partition coefficient (Wildman–Crippen LogP) is 3.54. The Hall–Kier alpha value is -3.37. The molecule has 30 heavy (non-hydrogen) atoms. The van der Waals surface area contributed by atoms with Crippen molar-refractivity contribution < 1.29 is 19.1 Å². The zero-order valence-corrected chi connectivity index (χ0v) is 17.4. The van der Waals surface area contributed by atoms with E-state index < -0.39 is 30.4 Å². The van der Waals surface area contributed by atoms with E-state index in [4.69, 9.17) is 21.6 Å². The molecule has 2 N–H and O–H groups in total. The van der Waals surface area contributed by atoms with Gasteiger partial charge in [0.15, 0.2) is 6.61 Å². The Bertz CT molecular complexity index is 934. The van der Waals surface area contributed by atoms with Crippen molar-refractivity contribution >= 4 is 35.1 Å². The third-order valence-electron chi connectivity index (χ3n) is 4.05. The maximum Gasteiger partial charge on any atom is 0.329 e. The van der Waals surface area contributed by atoms with Gasteiger partial charge in [-0.15, -0.1) is 0 Å². The van der Waals surface area contributed by atoms with Crippen LogP contribution < -0.4 is 10.6 Å². The number of rotatable bonds is 8. The van der Waals surface area contributed by atoms with E-state index in [1.165, 1.54) is 0 Å². The van der Waals surface area contributed by atoms with Gasteiger partial charge in [0.05, 0.1) is 11.6 Å². The molecule has 0 saturated carbocycles. The van der Waals surface area contributed by atoms with E-state index in [-0.39, 0.29) is 5.92 Å². The van der Waals surface area contributed by atoms with E-state index in [9.17, 15) is 14.4 Å². The average molecular weight is 428 g/mol. The van der Waals surface area contributed by atoms with Crippen molar-refractivity contribution in [1.29, 1.82) is 5.26 Å². The number of amides is 2. The van der Waals surface area contributed by atoms with Gasteiger partial charge in [0.2, 0.25) is 0 Å². The van der Waals surface area contributed by atoms with Gasteiger partial charge in [-0.05, 0) is 60.9 Å². The molecule has 156 valence electrons. The van der Waals surface area contributed by atoms with Crippen LogP contribution in [0.4, 0.5) is 5.69 Å². The Morgan fingerprint density at radius 2 is 1.70 bits per heavy atom. The van der Waals surface area contributed by atoms with Crippen LogP contribution in [0.2, 0.25) is 5.02 Å². The number of halogens is 1. The van der Waals surface area contributed by atoms with Gasteiger partial charge >= 0.3 is 5.97 Å². The third kappa shape index (κ3) is 7.22. The molecular formula is C22H22ClN3O4. The number of nitrogens with zero attached hydrogens (tertiary/aromatic N) is 1. The number of ether oxygens (including phenoxy) is 1. The Morgan fingerprint density at radius 1 is 1.07 bits per heavy atom. The molecule has 0 fully saturated rings. The second-order valence-corrected chi connectivity index (χ2v) is 7.44. The zero-order chi connectivity index (χ0) is 22.1. The van der Waals surface area contributed by atoms with Crippen molar-refractivity contribution in [2.45, 2.75) is 26.3 Å². The highest BCUT2D eigenvalue weighted by Gasteiger charge is 2.24. The molecule has 0 unspecified atom stereocenters. The van der Waals surface area contributed by atoms with Gasteiger partial charge in [-0.2, -0.15) is 5.26 Å². The first-order chi connectivity index (χ1) is 14.3. The van der Waals surface area contributed by atoms with Crippen LogP contribution in [0, 0.1) is 17.2 Å². The van der Waals surface area contributed by atoms with Crippen molar-refractivity contribution in [3.63, 3.8) is 0 Å². The summed E-state index contributed by atoms with van der Waals surface area (Å²) in [6, 6.07) is 13.6. The van der Waals surface area contributed by atoms with Crippen molar-refractivity contribution in [2.24, 2.45) is 5.92 Å². The lowest BCUT2D eigenvalue weighted by Gasteiger charge is -2.19. The summed E-state index contributed by atoms with van der Waals surface area (Å²) in [5, 5.41) is 14.5. The summed E-state index contributed by atoms with van der Waals surface area (Å²) in [6.07, 6.45) is 0.357. The number of anilines is 1. The highest BCUT2D eigenvalue weighted by Crippen LogP contribution is 2.12. The standard InChI is InChI=1S/C22H22ClN3O4/c1-14(2)11-19(26-21(28)16-5-7-17(23)8-6-16)22(29)30-13-20(27)25-18-9-3-15(12-24)4-10-18/h3-10,14,19H,11,13H2,1-2H3,(H,25,27)(H,26,28)/t19-/m0/s1. The average Bonchev–Trinajstić information content (AvgIpc) is 2.72. The lowest BCUT2D eigenvalue weighted by Crippen LogP contribution is -2.43. The number of nitrogens with one attached hydrogen (secondary N) is 2. The van der Waals surface area contributed by atoms with Crippen molar-refractivity contribution in [1.82, 2.24) is 5.32 Å². The van der Waals surface area contributed by atoms with Crippen molar-refractivity contribution in [3.05, 3.63) is 64.7 Å². The van der Waals surface area contributed by atoms with Gasteiger partial charge in [0.25, 0.3) is 11.8 Å². The molecule has 1 atom stereocenters. The Balaban J connectivity index is 1.93. The highest BCUT2D eigenvalue weighted by molar-refractivity contribution is 6.30. The van der Waals surface area contributed by atoms with Crippen LogP contribution in [0.15, 0.2) is 48.5 Å². The molecule has 0 radical (unpaired) electrons. The second-order valence-electron chi connectivity index (χ2n) is 7.01. The lowest BCUT2D eigenvalue weighted by molar-refractivity contribution is -0.149. The molecule has 2 rings (SSSR count). The highest BCUT2D eigenvalue weighted by atomic mass is 35.5. The van der Waals surface area contributed by atoms with E-state index in [1.807, 2.05) is 19.9 Å². The first-order valence-corrected chi connectivity index (χ1v) is 9.69. The number of carbonyl (C=O) groups excluding carboxylic acids is 3.